The first-order chi connectivity index (χ1) is 6.20. The summed E-state index contributed by atoms with van der Waals surface area (Å²) < 4.78 is 2.06. The summed E-state index contributed by atoms with van der Waals surface area (Å²) in [6.07, 6.45) is 5.62. The summed E-state index contributed by atoms with van der Waals surface area (Å²) in [6.45, 7) is 4.64. The molecule has 0 N–H and O–H groups in total. The fourth-order valence-electron chi connectivity index (χ4n) is 1.88. The number of aromatic nitrogens is 2. The van der Waals surface area contributed by atoms with E-state index in [-0.39, 0.29) is 11.2 Å². The molecule has 1 heterocycles. The molecule has 0 bridgehead atoms. The molecular formula is C10H14N2O. The minimum absolute atomic E-state index is 0.174. The van der Waals surface area contributed by atoms with Gasteiger partial charge in [-0.25, -0.2) is 4.98 Å². The van der Waals surface area contributed by atoms with E-state index in [1.807, 2.05) is 6.20 Å². The highest BCUT2D eigenvalue weighted by Crippen LogP contribution is 2.48. The maximum Gasteiger partial charge on any atom is 0.141 e. The van der Waals surface area contributed by atoms with Crippen LogP contribution in [0.5, 0.6) is 0 Å². The lowest BCUT2D eigenvalue weighted by molar-refractivity contribution is -0.119. The van der Waals surface area contributed by atoms with Crippen molar-refractivity contribution >= 4 is 5.78 Å². The van der Waals surface area contributed by atoms with Crippen LogP contribution in [0.4, 0.5) is 0 Å². The van der Waals surface area contributed by atoms with E-state index in [1.165, 1.54) is 0 Å². The van der Waals surface area contributed by atoms with Crippen molar-refractivity contribution in [3.8, 4) is 0 Å². The number of Topliss-reactive ketones (excluding diaryl/α,β-unsaturated/α-hetero) is 1. The molecule has 0 atom stereocenters. The molecule has 70 valence electrons. The van der Waals surface area contributed by atoms with E-state index in [2.05, 4.69) is 16.5 Å². The van der Waals surface area contributed by atoms with Crippen LogP contribution in [0.1, 0.15) is 32.4 Å². The minimum atomic E-state index is -0.174. The van der Waals surface area contributed by atoms with Gasteiger partial charge in [0.2, 0.25) is 0 Å². The van der Waals surface area contributed by atoms with Crippen LogP contribution in [-0.4, -0.2) is 15.3 Å². The Bertz CT molecular complexity index is 336. The molecule has 3 nitrogen and oxygen atoms in total. The van der Waals surface area contributed by atoms with Crippen LogP contribution < -0.4 is 0 Å². The molecule has 0 amide bonds. The lowest BCUT2D eigenvalue weighted by atomic mass is 9.98. The lowest BCUT2D eigenvalue weighted by Crippen LogP contribution is -2.20. The number of ketones is 1. The van der Waals surface area contributed by atoms with Gasteiger partial charge in [-0.15, -0.1) is 0 Å². The first-order valence-electron chi connectivity index (χ1n) is 4.72. The molecule has 0 spiro atoms. The molecule has 1 aliphatic rings. The molecule has 1 fully saturated rings. The van der Waals surface area contributed by atoms with Crippen molar-refractivity contribution in [1.29, 1.82) is 0 Å². The van der Waals surface area contributed by atoms with Crippen LogP contribution in [-0.2, 0) is 16.8 Å². The third-order valence-electron chi connectivity index (χ3n) is 2.97. The van der Waals surface area contributed by atoms with Gasteiger partial charge < -0.3 is 4.57 Å². The number of aryl methyl sites for hydroxylation is 1. The molecule has 0 unspecified atom stereocenters. The van der Waals surface area contributed by atoms with Crippen molar-refractivity contribution in [2.24, 2.45) is 0 Å². The van der Waals surface area contributed by atoms with E-state index >= 15 is 0 Å². The SMILES string of the molecule is CCn1cncc1C1(C(C)=O)CC1. The molecule has 0 radical (unpaired) electrons. The Kier molecular flexibility index (Phi) is 1.75. The average Bonchev–Trinajstić information content (AvgIpc) is 2.78. The standard InChI is InChI=1S/C10H14N2O/c1-3-12-7-11-6-9(12)10(4-5-10)8(2)13/h6-7H,3-5H2,1-2H3. The summed E-state index contributed by atoms with van der Waals surface area (Å²) in [7, 11) is 0. The van der Waals surface area contributed by atoms with Crippen LogP contribution in [0.15, 0.2) is 12.5 Å². The molecule has 0 aromatic carbocycles. The van der Waals surface area contributed by atoms with E-state index in [0.29, 0.717) is 0 Å². The summed E-state index contributed by atoms with van der Waals surface area (Å²) >= 11 is 0. The largest absolute Gasteiger partial charge is 0.334 e. The highest BCUT2D eigenvalue weighted by atomic mass is 16.1. The van der Waals surface area contributed by atoms with Crippen molar-refractivity contribution in [2.45, 2.75) is 38.6 Å². The van der Waals surface area contributed by atoms with Gasteiger partial charge in [-0.1, -0.05) is 0 Å². The van der Waals surface area contributed by atoms with Gasteiger partial charge in [0.25, 0.3) is 0 Å². The van der Waals surface area contributed by atoms with Gasteiger partial charge in [0.05, 0.1) is 17.4 Å². The second-order valence-electron chi connectivity index (χ2n) is 3.70. The van der Waals surface area contributed by atoms with E-state index in [9.17, 15) is 4.79 Å². The topological polar surface area (TPSA) is 34.9 Å². The molecule has 1 saturated carbocycles. The van der Waals surface area contributed by atoms with E-state index in [4.69, 9.17) is 0 Å². The first-order valence-corrected chi connectivity index (χ1v) is 4.72. The summed E-state index contributed by atoms with van der Waals surface area (Å²) in [5, 5.41) is 0. The first kappa shape index (κ1) is 8.48. The van der Waals surface area contributed by atoms with Crippen LogP contribution in [0.3, 0.4) is 0 Å². The molecule has 1 aromatic rings. The minimum Gasteiger partial charge on any atom is -0.334 e. The van der Waals surface area contributed by atoms with E-state index < -0.39 is 0 Å². The highest BCUT2D eigenvalue weighted by Gasteiger charge is 2.50. The number of carbonyl (C=O) groups excluding carboxylic acids is 1. The Morgan fingerprint density at radius 3 is 2.85 bits per heavy atom. The number of rotatable bonds is 3. The fourth-order valence-corrected chi connectivity index (χ4v) is 1.88. The Morgan fingerprint density at radius 2 is 2.38 bits per heavy atom. The van der Waals surface area contributed by atoms with Crippen molar-refractivity contribution in [3.05, 3.63) is 18.2 Å². The monoisotopic (exact) mass is 178 g/mol. The number of hydrogen-bond donors (Lipinski definition) is 0. The summed E-state index contributed by atoms with van der Waals surface area (Å²) in [6, 6.07) is 0. The number of nitrogens with zero attached hydrogens (tertiary/aromatic N) is 2. The van der Waals surface area contributed by atoms with Crippen LogP contribution in [0.25, 0.3) is 0 Å². The Balaban J connectivity index is 2.40. The summed E-state index contributed by atoms with van der Waals surface area (Å²) in [5.41, 5.74) is 0.925. The molecule has 3 heteroatoms. The van der Waals surface area contributed by atoms with Crippen LogP contribution in [0.2, 0.25) is 0 Å². The third kappa shape index (κ3) is 1.10. The second kappa shape index (κ2) is 2.69. The van der Waals surface area contributed by atoms with Gasteiger partial charge >= 0.3 is 0 Å². The zero-order valence-electron chi connectivity index (χ0n) is 8.08. The van der Waals surface area contributed by atoms with E-state index in [1.54, 1.807) is 13.3 Å². The highest BCUT2D eigenvalue weighted by molar-refractivity contribution is 5.90. The van der Waals surface area contributed by atoms with Gasteiger partial charge in [-0.3, -0.25) is 4.79 Å². The Labute approximate surface area is 77.8 Å². The molecule has 1 aromatic heterocycles. The quantitative estimate of drug-likeness (QED) is 0.703. The molecular weight excluding hydrogens is 164 g/mol. The van der Waals surface area contributed by atoms with E-state index in [0.717, 1.165) is 25.1 Å². The smallest absolute Gasteiger partial charge is 0.141 e. The molecule has 0 aliphatic heterocycles. The van der Waals surface area contributed by atoms with Gasteiger partial charge in [-0.05, 0) is 26.7 Å². The van der Waals surface area contributed by atoms with Crippen LogP contribution >= 0.6 is 0 Å². The molecule has 13 heavy (non-hydrogen) atoms. The van der Waals surface area contributed by atoms with Crippen LogP contribution in [0, 0.1) is 0 Å². The third-order valence-corrected chi connectivity index (χ3v) is 2.97. The zero-order valence-corrected chi connectivity index (χ0v) is 8.08. The van der Waals surface area contributed by atoms with Gasteiger partial charge in [0.1, 0.15) is 5.78 Å². The summed E-state index contributed by atoms with van der Waals surface area (Å²) in [4.78, 5) is 15.5. The maximum absolute atomic E-state index is 11.5. The zero-order chi connectivity index (χ0) is 9.47. The number of imidazole rings is 1. The van der Waals surface area contributed by atoms with Crippen molar-refractivity contribution in [3.63, 3.8) is 0 Å². The maximum atomic E-state index is 11.5. The normalized spacial score (nSPS) is 18.6. The van der Waals surface area contributed by atoms with Crippen molar-refractivity contribution in [1.82, 2.24) is 9.55 Å². The number of hydrogen-bond acceptors (Lipinski definition) is 2. The van der Waals surface area contributed by atoms with Crippen molar-refractivity contribution in [2.75, 3.05) is 0 Å². The predicted octanol–water partition coefficient (Wildman–Crippen LogP) is 1.52. The molecule has 2 rings (SSSR count). The second-order valence-corrected chi connectivity index (χ2v) is 3.70. The Hall–Kier alpha value is -1.12. The summed E-state index contributed by atoms with van der Waals surface area (Å²) in [5.74, 6) is 0.280. The lowest BCUT2D eigenvalue weighted by Gasteiger charge is -2.12. The van der Waals surface area contributed by atoms with Gasteiger partial charge in [0, 0.05) is 12.7 Å². The Morgan fingerprint density at radius 1 is 1.69 bits per heavy atom. The molecule has 0 saturated heterocycles. The number of carbonyl (C=O) groups is 1. The fraction of sp³-hybridized carbons (Fsp3) is 0.600. The molecule has 1 aliphatic carbocycles. The average molecular weight is 178 g/mol. The van der Waals surface area contributed by atoms with Gasteiger partial charge in [-0.2, -0.15) is 0 Å². The van der Waals surface area contributed by atoms with Gasteiger partial charge in [0.15, 0.2) is 0 Å². The predicted molar refractivity (Wildman–Crippen MR) is 49.5 cm³/mol. The van der Waals surface area contributed by atoms with Crippen molar-refractivity contribution < 1.29 is 4.79 Å².